The maximum atomic E-state index is 3.78. The molecule has 0 rings (SSSR count). The first kappa shape index (κ1) is 13.7. The third-order valence-corrected chi connectivity index (χ3v) is 10.3. The molecule has 0 aromatic rings. The van der Waals surface area contributed by atoms with Crippen LogP contribution in [0.5, 0.6) is 0 Å². The molecule has 0 radical (unpaired) electrons. The molecule has 14 heavy (non-hydrogen) atoms. The van der Waals surface area contributed by atoms with Crippen molar-refractivity contribution in [2.75, 3.05) is 0 Å². The molecule has 0 aliphatic heterocycles. The van der Waals surface area contributed by atoms with Gasteiger partial charge in [-0.15, -0.1) is 0 Å². The Morgan fingerprint density at radius 3 is 1.43 bits per heavy atom. The smallest absolute Gasteiger partial charge is 0.0853 e. The molecule has 0 nitrogen and oxygen atoms in total. The average Bonchev–Trinajstić information content (AvgIpc) is 2.03. The van der Waals surface area contributed by atoms with Crippen molar-refractivity contribution in [3.8, 4) is 0 Å². The van der Waals surface area contributed by atoms with Crippen LogP contribution in [-0.4, -0.2) is 8.07 Å². The highest BCUT2D eigenvalue weighted by Gasteiger charge is 2.39. The molecule has 0 saturated carbocycles. The van der Waals surface area contributed by atoms with E-state index in [4.69, 9.17) is 0 Å². The van der Waals surface area contributed by atoms with E-state index in [1.54, 1.807) is 0 Å². The lowest BCUT2D eigenvalue weighted by Crippen LogP contribution is -2.42. The van der Waals surface area contributed by atoms with Crippen molar-refractivity contribution in [2.24, 2.45) is 0 Å². The Morgan fingerprint density at radius 1 is 0.857 bits per heavy atom. The summed E-state index contributed by atoms with van der Waals surface area (Å²) in [6.07, 6.45) is 4.07. The Balaban J connectivity index is 5.15. The van der Waals surface area contributed by atoms with E-state index in [9.17, 15) is 0 Å². The van der Waals surface area contributed by atoms with Gasteiger partial charge in [-0.3, -0.25) is 0 Å². The molecule has 0 unspecified atom stereocenters. The van der Waals surface area contributed by atoms with Crippen LogP contribution < -0.4 is 0 Å². The van der Waals surface area contributed by atoms with Crippen LogP contribution in [0.2, 0.25) is 16.6 Å². The third-order valence-electron chi connectivity index (χ3n) is 3.52. The molecule has 0 heterocycles. The largest absolute Gasteiger partial charge is 0.0991 e. The molecule has 0 aliphatic carbocycles. The van der Waals surface area contributed by atoms with Gasteiger partial charge in [-0.25, -0.2) is 0 Å². The fourth-order valence-corrected chi connectivity index (χ4v) is 8.44. The minimum absolute atomic E-state index is 0.804. The number of allylic oxidation sites excluding steroid dienone is 2. The first-order valence-corrected chi connectivity index (χ1v) is 8.00. The highest BCUT2D eigenvalue weighted by atomic mass is 28.3. The summed E-state index contributed by atoms with van der Waals surface area (Å²) in [5.74, 6) is 0. The van der Waals surface area contributed by atoms with E-state index < -0.39 is 8.07 Å². The normalized spacial score (nSPS) is 13.5. The van der Waals surface area contributed by atoms with Crippen LogP contribution in [0.25, 0.3) is 0 Å². The average molecular weight is 210 g/mol. The molecule has 82 valence electrons. The summed E-state index contributed by atoms with van der Waals surface area (Å²) in [4.78, 5) is 0. The van der Waals surface area contributed by atoms with Gasteiger partial charge in [0.05, 0.1) is 8.07 Å². The van der Waals surface area contributed by atoms with Gasteiger partial charge in [0.2, 0.25) is 0 Å². The van der Waals surface area contributed by atoms with Crippen molar-refractivity contribution in [1.29, 1.82) is 0 Å². The summed E-state index contributed by atoms with van der Waals surface area (Å²) in [6.45, 7) is 18.0. The standard InChI is InChI=1S/C13H26Si/c1-8-9-10-14(11(2)3,12(4)5)13(6)7/h8-13H,1H2,2-7H3/b10-9+. The van der Waals surface area contributed by atoms with Crippen molar-refractivity contribution < 1.29 is 0 Å². The van der Waals surface area contributed by atoms with Crippen LogP contribution in [0.1, 0.15) is 41.5 Å². The predicted molar refractivity (Wildman–Crippen MR) is 70.4 cm³/mol. The van der Waals surface area contributed by atoms with Gasteiger partial charge < -0.3 is 0 Å². The predicted octanol–water partition coefficient (Wildman–Crippen LogP) is 4.95. The van der Waals surface area contributed by atoms with Crippen LogP contribution in [0.3, 0.4) is 0 Å². The van der Waals surface area contributed by atoms with Crippen LogP contribution in [0.4, 0.5) is 0 Å². The van der Waals surface area contributed by atoms with Gasteiger partial charge in [0.15, 0.2) is 0 Å². The van der Waals surface area contributed by atoms with Crippen molar-refractivity contribution in [3.05, 3.63) is 24.4 Å². The maximum Gasteiger partial charge on any atom is 0.0853 e. The summed E-state index contributed by atoms with van der Waals surface area (Å²) in [6, 6.07) is 0. The second-order valence-electron chi connectivity index (χ2n) is 5.06. The van der Waals surface area contributed by atoms with Gasteiger partial charge in [0.1, 0.15) is 0 Å². The summed E-state index contributed by atoms with van der Waals surface area (Å²) >= 11 is 0. The number of hydrogen-bond acceptors (Lipinski definition) is 0. The lowest BCUT2D eigenvalue weighted by atomic mass is 10.5. The fraction of sp³-hybridized carbons (Fsp3) is 0.692. The molecule has 1 heteroatoms. The molecule has 0 aromatic heterocycles. The zero-order valence-corrected chi connectivity index (χ0v) is 11.7. The molecule has 0 fully saturated rings. The molecular weight excluding hydrogens is 184 g/mol. The molecule has 0 spiro atoms. The quantitative estimate of drug-likeness (QED) is 0.445. The fourth-order valence-electron chi connectivity index (χ4n) is 2.81. The van der Waals surface area contributed by atoms with E-state index in [1.165, 1.54) is 0 Å². The molecule has 0 bridgehead atoms. The lowest BCUT2D eigenvalue weighted by Gasteiger charge is -2.40. The summed E-state index contributed by atoms with van der Waals surface area (Å²) in [5, 5.41) is 0. The first-order chi connectivity index (χ1) is 6.39. The minimum Gasteiger partial charge on any atom is -0.0991 e. The van der Waals surface area contributed by atoms with E-state index in [0.717, 1.165) is 16.6 Å². The van der Waals surface area contributed by atoms with Gasteiger partial charge in [-0.2, -0.15) is 0 Å². The molecule has 0 amide bonds. The molecule has 0 saturated heterocycles. The van der Waals surface area contributed by atoms with Crippen molar-refractivity contribution in [1.82, 2.24) is 0 Å². The van der Waals surface area contributed by atoms with Crippen molar-refractivity contribution >= 4 is 8.07 Å². The third kappa shape index (κ3) is 2.60. The van der Waals surface area contributed by atoms with Gasteiger partial charge in [0, 0.05) is 0 Å². The Labute approximate surface area is 91.1 Å². The van der Waals surface area contributed by atoms with Gasteiger partial charge >= 0.3 is 0 Å². The Bertz CT molecular complexity index is 178. The van der Waals surface area contributed by atoms with Crippen molar-refractivity contribution in [3.63, 3.8) is 0 Å². The molecule has 0 aliphatic rings. The maximum absolute atomic E-state index is 3.78. The van der Waals surface area contributed by atoms with Crippen LogP contribution in [0.15, 0.2) is 24.4 Å². The SMILES string of the molecule is C=C/C=C/[Si](C(C)C)(C(C)C)C(C)C. The monoisotopic (exact) mass is 210 g/mol. The van der Waals surface area contributed by atoms with Crippen LogP contribution >= 0.6 is 0 Å². The molecule has 0 N–H and O–H groups in total. The zero-order valence-electron chi connectivity index (χ0n) is 10.7. The van der Waals surface area contributed by atoms with Gasteiger partial charge in [-0.05, 0) is 16.6 Å². The summed E-state index contributed by atoms with van der Waals surface area (Å²) in [5.41, 5.74) is 4.90. The van der Waals surface area contributed by atoms with Gasteiger partial charge in [0.25, 0.3) is 0 Å². The van der Waals surface area contributed by atoms with Crippen molar-refractivity contribution in [2.45, 2.75) is 58.2 Å². The second-order valence-corrected chi connectivity index (χ2v) is 10.9. The minimum atomic E-state index is -1.30. The molecule has 0 aromatic carbocycles. The Morgan fingerprint density at radius 2 is 1.21 bits per heavy atom. The highest BCUT2D eigenvalue weighted by molar-refractivity contribution is 6.88. The molecular formula is C13H26Si. The summed E-state index contributed by atoms with van der Waals surface area (Å²) in [7, 11) is -1.30. The highest BCUT2D eigenvalue weighted by Crippen LogP contribution is 2.42. The van der Waals surface area contributed by atoms with E-state index in [-0.39, 0.29) is 0 Å². The van der Waals surface area contributed by atoms with E-state index in [0.29, 0.717) is 0 Å². The summed E-state index contributed by atoms with van der Waals surface area (Å²) < 4.78 is 0. The van der Waals surface area contributed by atoms with Crippen LogP contribution in [0, 0.1) is 0 Å². The van der Waals surface area contributed by atoms with Gasteiger partial charge in [-0.1, -0.05) is 66.0 Å². The Hall–Kier alpha value is -0.303. The Kier molecular flexibility index (Phi) is 5.43. The number of rotatable bonds is 5. The van der Waals surface area contributed by atoms with Crippen LogP contribution in [-0.2, 0) is 0 Å². The lowest BCUT2D eigenvalue weighted by molar-refractivity contribution is 0.833. The molecule has 0 atom stereocenters. The van der Waals surface area contributed by atoms with E-state index in [1.807, 2.05) is 6.08 Å². The van der Waals surface area contributed by atoms with E-state index in [2.05, 4.69) is 59.9 Å². The van der Waals surface area contributed by atoms with E-state index >= 15 is 0 Å². The second kappa shape index (κ2) is 5.55. The number of hydrogen-bond donors (Lipinski definition) is 0. The zero-order chi connectivity index (χ0) is 11.4. The topological polar surface area (TPSA) is 0 Å². The first-order valence-electron chi connectivity index (χ1n) is 5.69.